The Balaban J connectivity index is 2.91. The highest BCUT2D eigenvalue weighted by atomic mass is 19.4. The minimum Gasteiger partial charge on any atom is -0.376 e. The van der Waals surface area contributed by atoms with Crippen LogP contribution in [-0.2, 0) is 11.0 Å². The first-order valence-corrected chi connectivity index (χ1v) is 6.00. The molecule has 0 heterocycles. The smallest absolute Gasteiger partial charge is 0.376 e. The van der Waals surface area contributed by atoms with E-state index in [0.717, 1.165) is 12.1 Å². The normalized spacial score (nSPS) is 11.3. The third-order valence-electron chi connectivity index (χ3n) is 2.40. The number of rotatable bonds is 5. The van der Waals surface area contributed by atoms with Gasteiger partial charge in [-0.05, 0) is 26.0 Å². The summed E-state index contributed by atoms with van der Waals surface area (Å²) in [5.74, 6) is -0.392. The molecule has 1 amide bonds. The quantitative estimate of drug-likeness (QED) is 0.647. The van der Waals surface area contributed by atoms with Gasteiger partial charge in [-0.3, -0.25) is 14.9 Å². The average Bonchev–Trinajstić information content (AvgIpc) is 2.34. The molecule has 0 saturated carbocycles. The third kappa shape index (κ3) is 4.93. The standard InChI is InChI=1S/C12H14F3N3O3/c1-7(2)17-11(19)6-16-8-3-4-10(18(20)21)9(5-8)12(13,14)15/h3-5,7,16H,6H2,1-2H3,(H,17,19). The maximum Gasteiger partial charge on any atom is 0.423 e. The Morgan fingerprint density at radius 1 is 1.38 bits per heavy atom. The van der Waals surface area contributed by atoms with Crippen LogP contribution < -0.4 is 10.6 Å². The van der Waals surface area contributed by atoms with Crippen molar-refractivity contribution in [3.63, 3.8) is 0 Å². The van der Waals surface area contributed by atoms with Crippen molar-refractivity contribution < 1.29 is 22.9 Å². The Hall–Kier alpha value is -2.32. The number of halogens is 3. The zero-order valence-corrected chi connectivity index (χ0v) is 11.3. The lowest BCUT2D eigenvalue weighted by molar-refractivity contribution is -0.388. The Morgan fingerprint density at radius 3 is 2.48 bits per heavy atom. The van der Waals surface area contributed by atoms with Crippen LogP contribution in [0.1, 0.15) is 19.4 Å². The summed E-state index contributed by atoms with van der Waals surface area (Å²) < 4.78 is 38.2. The van der Waals surface area contributed by atoms with Gasteiger partial charge in [-0.15, -0.1) is 0 Å². The highest BCUT2D eigenvalue weighted by molar-refractivity contribution is 5.81. The summed E-state index contributed by atoms with van der Waals surface area (Å²) in [4.78, 5) is 20.9. The van der Waals surface area contributed by atoms with Gasteiger partial charge in [0.05, 0.1) is 11.5 Å². The maximum atomic E-state index is 12.7. The highest BCUT2D eigenvalue weighted by Crippen LogP contribution is 2.37. The van der Waals surface area contributed by atoms with Gasteiger partial charge in [-0.1, -0.05) is 0 Å². The van der Waals surface area contributed by atoms with Crippen LogP contribution in [0.5, 0.6) is 0 Å². The molecule has 1 aromatic rings. The summed E-state index contributed by atoms with van der Waals surface area (Å²) in [6, 6.07) is 2.39. The fourth-order valence-electron chi connectivity index (χ4n) is 1.59. The van der Waals surface area contributed by atoms with Gasteiger partial charge in [0.1, 0.15) is 5.56 Å². The first kappa shape index (κ1) is 16.7. The van der Waals surface area contributed by atoms with E-state index in [1.807, 2.05) is 0 Å². The van der Waals surface area contributed by atoms with Crippen molar-refractivity contribution in [1.29, 1.82) is 0 Å². The van der Waals surface area contributed by atoms with E-state index in [4.69, 9.17) is 0 Å². The van der Waals surface area contributed by atoms with Crippen molar-refractivity contribution in [1.82, 2.24) is 5.32 Å². The van der Waals surface area contributed by atoms with Crippen LogP contribution in [0.15, 0.2) is 18.2 Å². The third-order valence-corrected chi connectivity index (χ3v) is 2.40. The van der Waals surface area contributed by atoms with E-state index in [1.54, 1.807) is 13.8 Å². The van der Waals surface area contributed by atoms with Crippen molar-refractivity contribution >= 4 is 17.3 Å². The van der Waals surface area contributed by atoms with Crippen molar-refractivity contribution in [3.8, 4) is 0 Å². The van der Waals surface area contributed by atoms with Crippen LogP contribution in [-0.4, -0.2) is 23.4 Å². The summed E-state index contributed by atoms with van der Waals surface area (Å²) in [5, 5.41) is 15.6. The van der Waals surface area contributed by atoms with Crippen LogP contribution in [0.3, 0.4) is 0 Å². The largest absolute Gasteiger partial charge is 0.423 e. The van der Waals surface area contributed by atoms with E-state index in [2.05, 4.69) is 10.6 Å². The fourth-order valence-corrected chi connectivity index (χ4v) is 1.59. The van der Waals surface area contributed by atoms with E-state index >= 15 is 0 Å². The lowest BCUT2D eigenvalue weighted by atomic mass is 10.1. The second-order valence-electron chi connectivity index (χ2n) is 4.56. The first-order valence-electron chi connectivity index (χ1n) is 6.00. The number of hydrogen-bond donors (Lipinski definition) is 2. The number of alkyl halides is 3. The van der Waals surface area contributed by atoms with Gasteiger partial charge in [0.15, 0.2) is 0 Å². The molecular weight excluding hydrogens is 291 g/mol. The number of amides is 1. The zero-order valence-electron chi connectivity index (χ0n) is 11.3. The van der Waals surface area contributed by atoms with Crippen LogP contribution in [0.25, 0.3) is 0 Å². The van der Waals surface area contributed by atoms with Crippen molar-refractivity contribution in [2.24, 2.45) is 0 Å². The van der Waals surface area contributed by atoms with Crippen LogP contribution in [0.2, 0.25) is 0 Å². The lowest BCUT2D eigenvalue weighted by Crippen LogP contribution is -2.34. The van der Waals surface area contributed by atoms with E-state index in [1.165, 1.54) is 0 Å². The zero-order chi connectivity index (χ0) is 16.2. The van der Waals surface area contributed by atoms with E-state index in [9.17, 15) is 28.1 Å². The Kier molecular flexibility index (Phi) is 5.12. The first-order chi connectivity index (χ1) is 9.61. The summed E-state index contributed by atoms with van der Waals surface area (Å²) in [7, 11) is 0. The maximum absolute atomic E-state index is 12.7. The van der Waals surface area contributed by atoms with Gasteiger partial charge < -0.3 is 10.6 Å². The molecule has 0 spiro atoms. The van der Waals surface area contributed by atoms with Gasteiger partial charge in [0, 0.05) is 17.8 Å². The molecule has 1 rings (SSSR count). The van der Waals surface area contributed by atoms with Gasteiger partial charge in [0.2, 0.25) is 5.91 Å². The van der Waals surface area contributed by atoms with Crippen molar-refractivity contribution in [2.75, 3.05) is 11.9 Å². The van der Waals surface area contributed by atoms with Gasteiger partial charge in [-0.25, -0.2) is 0 Å². The van der Waals surface area contributed by atoms with Crippen molar-refractivity contribution in [2.45, 2.75) is 26.1 Å². The Labute approximate surface area is 118 Å². The molecule has 2 N–H and O–H groups in total. The topological polar surface area (TPSA) is 84.3 Å². The second kappa shape index (κ2) is 6.42. The number of nitrogens with zero attached hydrogens (tertiary/aromatic N) is 1. The Bertz CT molecular complexity index is 544. The molecule has 1 aromatic carbocycles. The van der Waals surface area contributed by atoms with Crippen LogP contribution in [0.4, 0.5) is 24.5 Å². The molecule has 0 radical (unpaired) electrons. The number of benzene rings is 1. The molecule has 21 heavy (non-hydrogen) atoms. The molecule has 0 aliphatic rings. The average molecular weight is 305 g/mol. The summed E-state index contributed by atoms with van der Waals surface area (Å²) in [6.45, 7) is 3.25. The molecule has 9 heteroatoms. The minimum absolute atomic E-state index is 0.0215. The number of nitrogens with one attached hydrogen (secondary N) is 2. The molecule has 0 aliphatic carbocycles. The predicted molar refractivity (Wildman–Crippen MR) is 69.9 cm³/mol. The Morgan fingerprint density at radius 2 is 2.00 bits per heavy atom. The minimum atomic E-state index is -4.85. The number of carbonyl (C=O) groups is 1. The molecule has 6 nitrogen and oxygen atoms in total. The summed E-state index contributed by atoms with van der Waals surface area (Å²) in [5.41, 5.74) is -2.41. The van der Waals surface area contributed by atoms with Gasteiger partial charge >= 0.3 is 6.18 Å². The monoisotopic (exact) mass is 305 g/mol. The molecule has 0 fully saturated rings. The van der Waals surface area contributed by atoms with E-state index < -0.39 is 28.3 Å². The van der Waals surface area contributed by atoms with Crippen LogP contribution in [0, 0.1) is 10.1 Å². The molecule has 0 atom stereocenters. The molecule has 0 aliphatic heterocycles. The van der Waals surface area contributed by atoms with Crippen LogP contribution >= 0.6 is 0 Å². The fraction of sp³-hybridized carbons (Fsp3) is 0.417. The highest BCUT2D eigenvalue weighted by Gasteiger charge is 2.38. The molecular formula is C12H14F3N3O3. The number of anilines is 1. The molecule has 0 saturated heterocycles. The number of carbonyl (C=O) groups excluding carboxylic acids is 1. The molecule has 0 aromatic heterocycles. The number of nitro groups is 1. The molecule has 116 valence electrons. The van der Waals surface area contributed by atoms with Crippen molar-refractivity contribution in [3.05, 3.63) is 33.9 Å². The van der Waals surface area contributed by atoms with E-state index in [0.29, 0.717) is 6.07 Å². The van der Waals surface area contributed by atoms with Gasteiger partial charge in [-0.2, -0.15) is 13.2 Å². The number of nitro benzene ring substituents is 1. The van der Waals surface area contributed by atoms with E-state index in [-0.39, 0.29) is 18.3 Å². The number of hydrogen-bond acceptors (Lipinski definition) is 4. The second-order valence-corrected chi connectivity index (χ2v) is 4.56. The summed E-state index contributed by atoms with van der Waals surface area (Å²) >= 11 is 0. The predicted octanol–water partition coefficient (Wildman–Crippen LogP) is 2.55. The SMILES string of the molecule is CC(C)NC(=O)CNc1ccc([N+](=O)[O-])c(C(F)(F)F)c1. The molecule has 0 bridgehead atoms. The molecule has 0 unspecified atom stereocenters. The lowest BCUT2D eigenvalue weighted by Gasteiger charge is -2.12. The summed E-state index contributed by atoms with van der Waals surface area (Å²) in [6.07, 6.45) is -4.85. The van der Waals surface area contributed by atoms with Gasteiger partial charge in [0.25, 0.3) is 5.69 Å².